The van der Waals surface area contributed by atoms with Gasteiger partial charge in [0.1, 0.15) is 6.04 Å². The molecule has 136 valence electrons. The second-order valence-electron chi connectivity index (χ2n) is 4.94. The van der Waals surface area contributed by atoms with Gasteiger partial charge in [0.25, 0.3) is 17.3 Å². The van der Waals surface area contributed by atoms with E-state index >= 15 is 0 Å². The van der Waals surface area contributed by atoms with Gasteiger partial charge in [-0.3, -0.25) is 25.0 Å². The van der Waals surface area contributed by atoms with E-state index in [0.717, 1.165) is 26.3 Å². The van der Waals surface area contributed by atoms with Gasteiger partial charge in [-0.05, 0) is 19.4 Å². The third kappa shape index (κ3) is 4.76. The van der Waals surface area contributed by atoms with Crippen molar-refractivity contribution in [3.63, 3.8) is 0 Å². The number of methoxy groups -OCH3 is 1. The number of nitrogens with zero attached hydrogens (tertiary/aromatic N) is 3. The normalized spacial score (nSPS) is 11.2. The summed E-state index contributed by atoms with van der Waals surface area (Å²) in [7, 11) is 2.16. The van der Waals surface area contributed by atoms with Crippen LogP contribution in [0.2, 0.25) is 0 Å². The standard InChI is InChI=1S/C13H16N4O8/c1-7-5-9(16(20)21)11(10(6-7)17(22)23)14-8(2)12(18)15(3)25-13(19)24-4/h5-6,8,14H,1-4H3. The van der Waals surface area contributed by atoms with Crippen LogP contribution in [0.25, 0.3) is 0 Å². The van der Waals surface area contributed by atoms with Crippen molar-refractivity contribution in [1.82, 2.24) is 5.06 Å². The van der Waals surface area contributed by atoms with Crippen LogP contribution in [-0.4, -0.2) is 47.2 Å². The number of hydrogen-bond acceptors (Lipinski definition) is 9. The molecule has 1 amide bonds. The summed E-state index contributed by atoms with van der Waals surface area (Å²) in [5.41, 5.74) is -1.22. The van der Waals surface area contributed by atoms with Gasteiger partial charge in [-0.25, -0.2) is 4.79 Å². The molecule has 0 fully saturated rings. The predicted octanol–water partition coefficient (Wildman–Crippen LogP) is 1.77. The Morgan fingerprint density at radius 3 is 2.08 bits per heavy atom. The summed E-state index contributed by atoms with van der Waals surface area (Å²) in [5, 5.41) is 25.3. The number of rotatable bonds is 5. The molecule has 1 aromatic rings. The number of nitro benzene ring substituents is 2. The second-order valence-corrected chi connectivity index (χ2v) is 4.94. The zero-order valence-electron chi connectivity index (χ0n) is 13.8. The fraction of sp³-hybridized carbons (Fsp3) is 0.385. The number of amides is 1. The van der Waals surface area contributed by atoms with Crippen molar-refractivity contribution in [3.8, 4) is 0 Å². The van der Waals surface area contributed by atoms with Crippen molar-refractivity contribution in [1.29, 1.82) is 0 Å². The number of nitro groups is 2. The maximum absolute atomic E-state index is 12.1. The number of anilines is 1. The lowest BCUT2D eigenvalue weighted by Gasteiger charge is -2.20. The highest BCUT2D eigenvalue weighted by Crippen LogP contribution is 2.36. The fourth-order valence-corrected chi connectivity index (χ4v) is 1.93. The molecule has 0 saturated heterocycles. The molecule has 0 spiro atoms. The second kappa shape index (κ2) is 7.90. The first-order chi connectivity index (χ1) is 11.6. The Morgan fingerprint density at radius 1 is 1.20 bits per heavy atom. The molecule has 0 aliphatic carbocycles. The third-order valence-electron chi connectivity index (χ3n) is 3.05. The lowest BCUT2D eigenvalue weighted by atomic mass is 10.1. The number of nitrogens with one attached hydrogen (secondary N) is 1. The van der Waals surface area contributed by atoms with Crippen LogP contribution in [0.15, 0.2) is 12.1 Å². The van der Waals surface area contributed by atoms with Crippen molar-refractivity contribution >= 4 is 29.1 Å². The van der Waals surface area contributed by atoms with Crippen LogP contribution in [-0.2, 0) is 14.4 Å². The van der Waals surface area contributed by atoms with Gasteiger partial charge in [0.05, 0.1) is 17.0 Å². The molecular weight excluding hydrogens is 340 g/mol. The van der Waals surface area contributed by atoms with E-state index in [2.05, 4.69) is 14.9 Å². The Hall–Kier alpha value is -3.44. The highest BCUT2D eigenvalue weighted by molar-refractivity contribution is 5.87. The Bertz CT molecular complexity index is 685. The molecule has 1 N–H and O–H groups in total. The highest BCUT2D eigenvalue weighted by Gasteiger charge is 2.30. The van der Waals surface area contributed by atoms with Crippen molar-refractivity contribution in [3.05, 3.63) is 37.9 Å². The van der Waals surface area contributed by atoms with Gasteiger partial charge >= 0.3 is 6.16 Å². The Kier molecular flexibility index (Phi) is 6.19. The summed E-state index contributed by atoms with van der Waals surface area (Å²) in [6.07, 6.45) is -1.14. The molecule has 12 heteroatoms. The molecule has 1 rings (SSSR count). The van der Waals surface area contributed by atoms with E-state index in [1.54, 1.807) is 0 Å². The summed E-state index contributed by atoms with van der Waals surface area (Å²) in [4.78, 5) is 48.4. The number of benzene rings is 1. The molecule has 12 nitrogen and oxygen atoms in total. The van der Waals surface area contributed by atoms with Gasteiger partial charge in [0, 0.05) is 19.2 Å². The van der Waals surface area contributed by atoms with Crippen LogP contribution in [0.1, 0.15) is 12.5 Å². The van der Waals surface area contributed by atoms with Gasteiger partial charge < -0.3 is 14.9 Å². The van der Waals surface area contributed by atoms with E-state index in [4.69, 9.17) is 0 Å². The largest absolute Gasteiger partial charge is 0.533 e. The van der Waals surface area contributed by atoms with E-state index in [-0.39, 0.29) is 0 Å². The van der Waals surface area contributed by atoms with Crippen molar-refractivity contribution in [2.24, 2.45) is 0 Å². The van der Waals surface area contributed by atoms with Gasteiger partial charge in [0.15, 0.2) is 5.69 Å². The van der Waals surface area contributed by atoms with E-state index in [1.165, 1.54) is 13.8 Å². The first-order valence-electron chi connectivity index (χ1n) is 6.82. The average molecular weight is 356 g/mol. The van der Waals surface area contributed by atoms with Crippen LogP contribution in [0, 0.1) is 27.2 Å². The minimum Gasteiger partial charge on any atom is -0.436 e. The zero-order chi connectivity index (χ0) is 19.3. The molecule has 0 aliphatic rings. The van der Waals surface area contributed by atoms with E-state index < -0.39 is 45.0 Å². The molecule has 1 aromatic carbocycles. The third-order valence-corrected chi connectivity index (χ3v) is 3.05. The summed E-state index contributed by atoms with van der Waals surface area (Å²) in [6.45, 7) is 2.77. The topological polar surface area (TPSA) is 154 Å². The number of hydroxylamine groups is 2. The minimum atomic E-state index is -1.17. The predicted molar refractivity (Wildman–Crippen MR) is 83.8 cm³/mol. The molecule has 0 bridgehead atoms. The van der Waals surface area contributed by atoms with Gasteiger partial charge in [-0.15, -0.1) is 0 Å². The van der Waals surface area contributed by atoms with Crippen LogP contribution < -0.4 is 5.32 Å². The summed E-state index contributed by atoms with van der Waals surface area (Å²) < 4.78 is 4.23. The number of ether oxygens (including phenoxy) is 1. The molecule has 1 unspecified atom stereocenters. The smallest absolute Gasteiger partial charge is 0.436 e. The number of carbonyl (C=O) groups excluding carboxylic acids is 2. The van der Waals surface area contributed by atoms with E-state index in [1.807, 2.05) is 0 Å². The molecule has 0 radical (unpaired) electrons. The highest BCUT2D eigenvalue weighted by atomic mass is 16.8. The van der Waals surface area contributed by atoms with E-state index in [9.17, 15) is 29.8 Å². The quantitative estimate of drug-likeness (QED) is 0.472. The lowest BCUT2D eigenvalue weighted by Crippen LogP contribution is -2.40. The van der Waals surface area contributed by atoms with Gasteiger partial charge in [0.2, 0.25) is 0 Å². The molecule has 0 aromatic heterocycles. The molecular formula is C13H16N4O8. The van der Waals surface area contributed by atoms with Crippen molar-refractivity contribution in [2.45, 2.75) is 19.9 Å². The maximum atomic E-state index is 12.1. The first-order valence-corrected chi connectivity index (χ1v) is 6.82. The molecule has 1 atom stereocenters. The Morgan fingerprint density at radius 2 is 1.68 bits per heavy atom. The summed E-state index contributed by atoms with van der Waals surface area (Å²) >= 11 is 0. The van der Waals surface area contributed by atoms with Crippen LogP contribution in [0.3, 0.4) is 0 Å². The monoisotopic (exact) mass is 356 g/mol. The molecule has 0 saturated carbocycles. The average Bonchev–Trinajstić information content (AvgIpc) is 2.54. The number of likely N-dealkylation sites (N-methyl/N-ethyl adjacent to an activating group) is 1. The van der Waals surface area contributed by atoms with Gasteiger partial charge in [-0.2, -0.15) is 5.06 Å². The maximum Gasteiger partial charge on any atom is 0.533 e. The first kappa shape index (κ1) is 19.6. The van der Waals surface area contributed by atoms with Crippen molar-refractivity contribution < 1.29 is 29.0 Å². The van der Waals surface area contributed by atoms with Crippen LogP contribution in [0.4, 0.5) is 21.9 Å². The fourth-order valence-electron chi connectivity index (χ4n) is 1.93. The SMILES string of the molecule is COC(=O)ON(C)C(=O)C(C)Nc1c([N+](=O)[O-])cc(C)cc1[N+](=O)[O-]. The zero-order valence-corrected chi connectivity index (χ0v) is 13.8. The molecule has 25 heavy (non-hydrogen) atoms. The number of carbonyl (C=O) groups is 2. The van der Waals surface area contributed by atoms with Crippen LogP contribution >= 0.6 is 0 Å². The summed E-state index contributed by atoms with van der Waals surface area (Å²) in [6, 6.07) is 1.11. The lowest BCUT2D eigenvalue weighted by molar-refractivity contribution is -0.392. The number of aryl methyl sites for hydroxylation is 1. The molecule has 0 aliphatic heterocycles. The minimum absolute atomic E-state index is 0.314. The van der Waals surface area contributed by atoms with E-state index in [0.29, 0.717) is 10.6 Å². The summed E-state index contributed by atoms with van der Waals surface area (Å²) in [5.74, 6) is -0.811. The Balaban J connectivity index is 3.16. The van der Waals surface area contributed by atoms with Crippen molar-refractivity contribution in [2.75, 3.05) is 19.5 Å². The van der Waals surface area contributed by atoms with Gasteiger partial charge in [-0.1, -0.05) is 0 Å². The molecule has 0 heterocycles. The Labute approximate surface area is 141 Å². The van der Waals surface area contributed by atoms with Crippen LogP contribution in [0.5, 0.6) is 0 Å². The number of hydrogen-bond donors (Lipinski definition) is 1.